The van der Waals surface area contributed by atoms with Crippen LogP contribution in [0.1, 0.15) is 34.7 Å². The highest BCUT2D eigenvalue weighted by atomic mass is 35.5. The second kappa shape index (κ2) is 9.32. The van der Waals surface area contributed by atoms with Crippen molar-refractivity contribution in [3.63, 3.8) is 0 Å². The number of sulfonamides is 1. The number of carbonyl (C=O) groups excluding carboxylic acids is 1. The quantitative estimate of drug-likeness (QED) is 0.398. The van der Waals surface area contributed by atoms with E-state index in [1.165, 1.54) is 35.6 Å². The van der Waals surface area contributed by atoms with Gasteiger partial charge in [0.05, 0.1) is 27.5 Å². The van der Waals surface area contributed by atoms with Crippen LogP contribution in [0.15, 0.2) is 72.0 Å². The van der Waals surface area contributed by atoms with Gasteiger partial charge in [0.1, 0.15) is 0 Å². The average molecular weight is 513 g/mol. The van der Waals surface area contributed by atoms with Crippen molar-refractivity contribution in [3.05, 3.63) is 83.1 Å². The van der Waals surface area contributed by atoms with E-state index < -0.39 is 10.0 Å². The topological polar surface area (TPSA) is 92.3 Å². The average Bonchev–Trinajstić information content (AvgIpc) is 3.33. The second-order valence-electron chi connectivity index (χ2n) is 8.13. The third-order valence-corrected chi connectivity index (χ3v) is 8.33. The van der Waals surface area contributed by atoms with Crippen LogP contribution >= 0.6 is 23.1 Å². The van der Waals surface area contributed by atoms with Gasteiger partial charge in [0, 0.05) is 24.3 Å². The number of nitrogens with zero attached hydrogens (tertiary/aromatic N) is 3. The van der Waals surface area contributed by atoms with Crippen LogP contribution in [-0.2, 0) is 10.0 Å². The molecule has 34 heavy (non-hydrogen) atoms. The summed E-state index contributed by atoms with van der Waals surface area (Å²) in [6.45, 7) is 1.18. The third kappa shape index (κ3) is 4.51. The number of carbonyl (C=O) groups is 1. The molecule has 1 amide bonds. The molecule has 0 bridgehead atoms. The first-order valence-electron chi connectivity index (χ1n) is 10.8. The number of amides is 1. The molecule has 7 nitrogen and oxygen atoms in total. The van der Waals surface area contributed by atoms with Crippen LogP contribution in [0.3, 0.4) is 0 Å². The number of pyridine rings is 1. The highest BCUT2D eigenvalue weighted by molar-refractivity contribution is 7.92. The molecule has 1 N–H and O–H groups in total. The minimum atomic E-state index is -4.08. The Morgan fingerprint density at radius 3 is 2.62 bits per heavy atom. The van der Waals surface area contributed by atoms with Gasteiger partial charge in [-0.2, -0.15) is 12.8 Å². The van der Waals surface area contributed by atoms with Crippen molar-refractivity contribution >= 4 is 54.8 Å². The molecule has 0 aliphatic carbocycles. The molecule has 5 rings (SSSR count). The van der Waals surface area contributed by atoms with Gasteiger partial charge in [-0.1, -0.05) is 41.9 Å². The van der Waals surface area contributed by atoms with Crippen molar-refractivity contribution in [1.29, 1.82) is 0 Å². The van der Waals surface area contributed by atoms with E-state index in [0.29, 0.717) is 34.1 Å². The lowest BCUT2D eigenvalue weighted by atomic mass is 9.89. The van der Waals surface area contributed by atoms with Crippen LogP contribution < -0.4 is 4.72 Å². The summed E-state index contributed by atoms with van der Waals surface area (Å²) in [5.41, 5.74) is 1.66. The van der Waals surface area contributed by atoms with Crippen molar-refractivity contribution in [3.8, 4) is 0 Å². The van der Waals surface area contributed by atoms with Gasteiger partial charge in [0.25, 0.3) is 15.9 Å². The number of hydrogen-bond donors (Lipinski definition) is 1. The number of likely N-dealkylation sites (tertiary alicyclic amines) is 1. The Bertz CT molecular complexity index is 1450. The molecule has 1 fully saturated rings. The Hall–Kier alpha value is -3.01. The highest BCUT2D eigenvalue weighted by Crippen LogP contribution is 2.31. The molecule has 0 radical (unpaired) electrons. The molecule has 2 aromatic heterocycles. The van der Waals surface area contributed by atoms with Gasteiger partial charge in [-0.15, -0.1) is 0 Å². The lowest BCUT2D eigenvalue weighted by Gasteiger charge is -2.32. The third-order valence-electron chi connectivity index (χ3n) is 6.01. The maximum atomic E-state index is 13.4. The number of hydrogen-bond acceptors (Lipinski definition) is 6. The van der Waals surface area contributed by atoms with Crippen LogP contribution in [0.5, 0.6) is 0 Å². The van der Waals surface area contributed by atoms with E-state index in [1.807, 2.05) is 18.2 Å². The van der Waals surface area contributed by atoms with E-state index in [1.54, 1.807) is 23.1 Å². The molecule has 0 spiro atoms. The number of benzene rings is 2. The number of halogens is 1. The number of aromatic nitrogens is 2. The number of rotatable bonds is 5. The van der Waals surface area contributed by atoms with Gasteiger partial charge in [0.2, 0.25) is 0 Å². The van der Waals surface area contributed by atoms with E-state index >= 15 is 0 Å². The summed E-state index contributed by atoms with van der Waals surface area (Å²) in [5.74, 6) is 0.170. The molecule has 174 valence electrons. The lowest BCUT2D eigenvalue weighted by Crippen LogP contribution is -2.38. The van der Waals surface area contributed by atoms with Gasteiger partial charge < -0.3 is 4.90 Å². The van der Waals surface area contributed by atoms with Gasteiger partial charge in [-0.3, -0.25) is 9.52 Å². The van der Waals surface area contributed by atoms with Crippen LogP contribution in [0.4, 0.5) is 5.69 Å². The van der Waals surface area contributed by atoms with Crippen molar-refractivity contribution in [2.75, 3.05) is 17.8 Å². The fraction of sp³-hybridized carbons (Fsp3) is 0.208. The van der Waals surface area contributed by atoms with E-state index in [-0.39, 0.29) is 22.2 Å². The molecular formula is C24H21ClN4O3S2. The number of fused-ring (bicyclic) bond motifs is 1. The summed E-state index contributed by atoms with van der Waals surface area (Å²) >= 11 is 7.35. The summed E-state index contributed by atoms with van der Waals surface area (Å²) in [4.78, 5) is 19.2. The zero-order chi connectivity index (χ0) is 23.7. The fourth-order valence-electron chi connectivity index (χ4n) is 4.28. The number of anilines is 1. The summed E-state index contributed by atoms with van der Waals surface area (Å²) in [7, 11) is -4.08. The maximum Gasteiger partial charge on any atom is 0.280 e. The number of nitrogens with one attached hydrogen (secondary N) is 1. The molecule has 10 heteroatoms. The SMILES string of the molecule is O=C(c1ccc(Cl)cc1NS(=O)(=O)c1nccc2sncc12)N1CCC(c2ccccc2)CC1. The Morgan fingerprint density at radius 2 is 1.85 bits per heavy atom. The Kier molecular flexibility index (Phi) is 6.24. The predicted octanol–water partition coefficient (Wildman–Crippen LogP) is 5.17. The minimum absolute atomic E-state index is 0.129. The van der Waals surface area contributed by atoms with Crippen LogP contribution in [0.25, 0.3) is 10.1 Å². The van der Waals surface area contributed by atoms with E-state index in [9.17, 15) is 13.2 Å². The van der Waals surface area contributed by atoms with Crippen LogP contribution in [0, 0.1) is 0 Å². The molecule has 2 aromatic carbocycles. The van der Waals surface area contributed by atoms with E-state index in [0.717, 1.165) is 12.8 Å². The van der Waals surface area contributed by atoms with Gasteiger partial charge in [0.15, 0.2) is 5.03 Å². The van der Waals surface area contributed by atoms with Crippen molar-refractivity contribution in [2.45, 2.75) is 23.8 Å². The first-order chi connectivity index (χ1) is 16.4. The zero-order valence-electron chi connectivity index (χ0n) is 18.0. The largest absolute Gasteiger partial charge is 0.339 e. The summed E-state index contributed by atoms with van der Waals surface area (Å²) in [6, 6.07) is 16.6. The first kappa shape index (κ1) is 22.8. The Labute approximate surface area is 206 Å². The van der Waals surface area contributed by atoms with Crippen molar-refractivity contribution in [2.24, 2.45) is 0 Å². The monoisotopic (exact) mass is 512 g/mol. The van der Waals surface area contributed by atoms with Crippen molar-refractivity contribution < 1.29 is 13.2 Å². The van der Waals surface area contributed by atoms with Crippen LogP contribution in [-0.4, -0.2) is 41.7 Å². The van der Waals surface area contributed by atoms with E-state index in [2.05, 4.69) is 26.2 Å². The Balaban J connectivity index is 1.39. The predicted molar refractivity (Wildman–Crippen MR) is 134 cm³/mol. The van der Waals surface area contributed by atoms with E-state index in [4.69, 9.17) is 11.6 Å². The highest BCUT2D eigenvalue weighted by Gasteiger charge is 2.28. The van der Waals surface area contributed by atoms with Gasteiger partial charge >= 0.3 is 0 Å². The molecule has 0 saturated carbocycles. The molecule has 4 aromatic rings. The maximum absolute atomic E-state index is 13.4. The molecule has 1 aliphatic heterocycles. The second-order valence-corrected chi connectivity index (χ2v) is 11.0. The smallest absolute Gasteiger partial charge is 0.280 e. The molecule has 0 atom stereocenters. The molecule has 1 saturated heterocycles. The standard InChI is InChI=1S/C24H21ClN4O3S2/c25-18-6-7-19(24(30)29-12-9-17(10-13-29)16-4-2-1-3-5-16)21(14-18)28-34(31,32)23-20-15-27-33-22(20)8-11-26-23/h1-8,11,14-15,17,28H,9-10,12-13H2. The van der Waals surface area contributed by atoms with Gasteiger partial charge in [-0.25, -0.2) is 4.98 Å². The fourth-order valence-corrected chi connectivity index (χ4v) is 6.36. The lowest BCUT2D eigenvalue weighted by molar-refractivity contribution is 0.0714. The minimum Gasteiger partial charge on any atom is -0.339 e. The number of piperidine rings is 1. The van der Waals surface area contributed by atoms with Crippen LogP contribution in [0.2, 0.25) is 5.02 Å². The molecule has 1 aliphatic rings. The Morgan fingerprint density at radius 1 is 1.09 bits per heavy atom. The van der Waals surface area contributed by atoms with Crippen molar-refractivity contribution in [1.82, 2.24) is 14.3 Å². The molecular weight excluding hydrogens is 492 g/mol. The summed E-state index contributed by atoms with van der Waals surface area (Å²) < 4.78 is 33.7. The molecule has 3 heterocycles. The molecule has 0 unspecified atom stereocenters. The summed E-state index contributed by atoms with van der Waals surface area (Å²) in [5, 5.41) is 0.610. The first-order valence-corrected chi connectivity index (χ1v) is 13.4. The van der Waals surface area contributed by atoms with Gasteiger partial charge in [-0.05, 0) is 60.1 Å². The normalized spacial score (nSPS) is 14.9. The summed E-state index contributed by atoms with van der Waals surface area (Å²) in [6.07, 6.45) is 4.60. The zero-order valence-corrected chi connectivity index (χ0v) is 20.4.